The molecule has 1 saturated heterocycles. The van der Waals surface area contributed by atoms with Crippen LogP contribution in [0.25, 0.3) is 6.08 Å². The molecule has 3 rings (SSSR count). The lowest BCUT2D eigenvalue weighted by Crippen LogP contribution is -2.30. The van der Waals surface area contributed by atoms with Gasteiger partial charge in [0.1, 0.15) is 4.32 Å². The molecule has 1 atom stereocenters. The van der Waals surface area contributed by atoms with Crippen molar-refractivity contribution in [3.63, 3.8) is 0 Å². The van der Waals surface area contributed by atoms with E-state index in [1.54, 1.807) is 4.90 Å². The molecule has 1 unspecified atom stereocenters. The van der Waals surface area contributed by atoms with E-state index in [9.17, 15) is 4.79 Å². The molecule has 1 aliphatic heterocycles. The number of rotatable bonds is 3. The minimum absolute atomic E-state index is 0.0167. The molecule has 0 saturated carbocycles. The summed E-state index contributed by atoms with van der Waals surface area (Å²) < 4.78 is 0.615. The van der Waals surface area contributed by atoms with Crippen molar-refractivity contribution in [2.24, 2.45) is 0 Å². The predicted molar refractivity (Wildman–Crippen MR) is 101 cm³/mol. The third-order valence-electron chi connectivity index (χ3n) is 3.87. The van der Waals surface area contributed by atoms with Gasteiger partial charge in [0.25, 0.3) is 5.91 Å². The highest BCUT2D eigenvalue weighted by atomic mass is 32.2. The molecule has 116 valence electrons. The lowest BCUT2D eigenvalue weighted by Gasteiger charge is -2.23. The number of nitrogens with zero attached hydrogens (tertiary/aromatic N) is 1. The molecule has 0 aliphatic carbocycles. The highest BCUT2D eigenvalue weighted by molar-refractivity contribution is 8.26. The molecular formula is C19H17NOS2. The van der Waals surface area contributed by atoms with Gasteiger partial charge in [-0.25, -0.2) is 0 Å². The molecule has 23 heavy (non-hydrogen) atoms. The van der Waals surface area contributed by atoms with Crippen molar-refractivity contribution >= 4 is 40.3 Å². The number of benzene rings is 2. The van der Waals surface area contributed by atoms with Gasteiger partial charge in [-0.15, -0.1) is 0 Å². The Morgan fingerprint density at radius 3 is 2.39 bits per heavy atom. The average molecular weight is 339 g/mol. The smallest absolute Gasteiger partial charge is 0.266 e. The van der Waals surface area contributed by atoms with E-state index in [4.69, 9.17) is 12.2 Å². The molecule has 1 fully saturated rings. The zero-order valence-corrected chi connectivity index (χ0v) is 14.7. The van der Waals surface area contributed by atoms with Crippen LogP contribution in [0, 0.1) is 6.92 Å². The standard InChI is InChI=1S/C19H17NOS2/c1-13-8-10-15(11-9-13)12-17-18(21)20(19(22)23-17)14(2)16-6-4-3-5-7-16/h3-12,14H,1-2H3. The van der Waals surface area contributed by atoms with Crippen molar-refractivity contribution in [2.45, 2.75) is 19.9 Å². The highest BCUT2D eigenvalue weighted by Gasteiger charge is 2.35. The molecule has 0 radical (unpaired) electrons. The minimum Gasteiger partial charge on any atom is -0.286 e. The fourth-order valence-electron chi connectivity index (χ4n) is 2.51. The van der Waals surface area contributed by atoms with Gasteiger partial charge in [0.2, 0.25) is 0 Å². The second-order valence-electron chi connectivity index (χ2n) is 5.55. The van der Waals surface area contributed by atoms with Crippen molar-refractivity contribution in [3.05, 3.63) is 76.2 Å². The van der Waals surface area contributed by atoms with Gasteiger partial charge in [-0.05, 0) is 31.1 Å². The van der Waals surface area contributed by atoms with E-state index >= 15 is 0 Å². The second kappa shape index (κ2) is 6.69. The van der Waals surface area contributed by atoms with Gasteiger partial charge in [0.15, 0.2) is 0 Å². The molecular weight excluding hydrogens is 322 g/mol. The number of carbonyl (C=O) groups excluding carboxylic acids is 1. The van der Waals surface area contributed by atoms with E-state index in [0.29, 0.717) is 9.23 Å². The van der Waals surface area contributed by atoms with Crippen LogP contribution >= 0.6 is 24.0 Å². The van der Waals surface area contributed by atoms with Crippen LogP contribution in [0.4, 0.5) is 0 Å². The quantitative estimate of drug-likeness (QED) is 0.582. The van der Waals surface area contributed by atoms with Crippen LogP contribution in [0.3, 0.4) is 0 Å². The van der Waals surface area contributed by atoms with Gasteiger partial charge < -0.3 is 0 Å². The largest absolute Gasteiger partial charge is 0.286 e. The third-order valence-corrected chi connectivity index (χ3v) is 5.20. The molecule has 2 aromatic rings. The van der Waals surface area contributed by atoms with E-state index in [1.165, 1.54) is 17.3 Å². The number of thiocarbonyl (C=S) groups is 1. The Kier molecular flexibility index (Phi) is 4.64. The first-order valence-corrected chi connectivity index (χ1v) is 8.67. The van der Waals surface area contributed by atoms with Crippen LogP contribution in [0.2, 0.25) is 0 Å². The van der Waals surface area contributed by atoms with Gasteiger partial charge in [-0.2, -0.15) is 0 Å². The lowest BCUT2D eigenvalue weighted by atomic mass is 10.1. The summed E-state index contributed by atoms with van der Waals surface area (Å²) in [6, 6.07) is 18.0. The van der Waals surface area contributed by atoms with Crippen LogP contribution in [0.5, 0.6) is 0 Å². The summed E-state index contributed by atoms with van der Waals surface area (Å²) in [6.07, 6.45) is 1.91. The number of carbonyl (C=O) groups is 1. The van der Waals surface area contributed by atoms with Crippen molar-refractivity contribution in [1.82, 2.24) is 4.90 Å². The maximum atomic E-state index is 12.8. The topological polar surface area (TPSA) is 20.3 Å². The van der Waals surface area contributed by atoms with Crippen molar-refractivity contribution < 1.29 is 4.79 Å². The Bertz CT molecular complexity index is 766. The van der Waals surface area contributed by atoms with Crippen molar-refractivity contribution in [3.8, 4) is 0 Å². The van der Waals surface area contributed by atoms with Crippen LogP contribution in [-0.4, -0.2) is 15.1 Å². The molecule has 1 amide bonds. The van der Waals surface area contributed by atoms with E-state index in [1.807, 2.05) is 74.5 Å². The van der Waals surface area contributed by atoms with Crippen LogP contribution in [-0.2, 0) is 4.79 Å². The zero-order valence-electron chi connectivity index (χ0n) is 13.0. The third kappa shape index (κ3) is 3.38. The average Bonchev–Trinajstić information content (AvgIpc) is 2.84. The number of hydrogen-bond acceptors (Lipinski definition) is 3. The van der Waals surface area contributed by atoms with Gasteiger partial charge in [-0.3, -0.25) is 9.69 Å². The van der Waals surface area contributed by atoms with Crippen molar-refractivity contribution in [2.75, 3.05) is 0 Å². The summed E-state index contributed by atoms with van der Waals surface area (Å²) in [5.41, 5.74) is 3.30. The molecule has 0 N–H and O–H groups in total. The van der Waals surface area contributed by atoms with Gasteiger partial charge in [0, 0.05) is 0 Å². The first-order chi connectivity index (χ1) is 11.1. The zero-order chi connectivity index (χ0) is 16.4. The monoisotopic (exact) mass is 339 g/mol. The molecule has 4 heteroatoms. The number of hydrogen-bond donors (Lipinski definition) is 0. The van der Waals surface area contributed by atoms with E-state index in [-0.39, 0.29) is 11.9 Å². The summed E-state index contributed by atoms with van der Waals surface area (Å²) in [7, 11) is 0. The van der Waals surface area contributed by atoms with Crippen LogP contribution < -0.4 is 0 Å². The lowest BCUT2D eigenvalue weighted by molar-refractivity contribution is -0.123. The Morgan fingerprint density at radius 2 is 1.74 bits per heavy atom. The molecule has 1 aliphatic rings. The Balaban J connectivity index is 1.86. The maximum Gasteiger partial charge on any atom is 0.266 e. The maximum absolute atomic E-state index is 12.8. The first-order valence-electron chi connectivity index (χ1n) is 7.45. The van der Waals surface area contributed by atoms with E-state index < -0.39 is 0 Å². The van der Waals surface area contributed by atoms with Gasteiger partial charge in [-0.1, -0.05) is 84.1 Å². The first kappa shape index (κ1) is 16.0. The summed E-state index contributed by atoms with van der Waals surface area (Å²) in [5.74, 6) is -0.0167. The Labute approximate surface area is 146 Å². The molecule has 1 heterocycles. The number of aryl methyl sites for hydroxylation is 1. The van der Waals surface area contributed by atoms with Gasteiger partial charge in [0.05, 0.1) is 10.9 Å². The molecule has 2 aromatic carbocycles. The SMILES string of the molecule is Cc1ccc(C=C2SC(=S)N(C(C)c3ccccc3)C2=O)cc1. The van der Waals surface area contributed by atoms with Crippen LogP contribution in [0.1, 0.15) is 29.7 Å². The summed E-state index contributed by atoms with van der Waals surface area (Å²) in [5, 5.41) is 0. The molecule has 0 spiro atoms. The number of thioether (sulfide) groups is 1. The fourth-order valence-corrected chi connectivity index (χ4v) is 3.93. The van der Waals surface area contributed by atoms with Gasteiger partial charge >= 0.3 is 0 Å². The minimum atomic E-state index is -0.0624. The van der Waals surface area contributed by atoms with E-state index in [0.717, 1.165) is 11.1 Å². The summed E-state index contributed by atoms with van der Waals surface area (Å²) >= 11 is 6.81. The molecule has 0 aromatic heterocycles. The van der Waals surface area contributed by atoms with Crippen molar-refractivity contribution in [1.29, 1.82) is 0 Å². The summed E-state index contributed by atoms with van der Waals surface area (Å²) in [4.78, 5) is 15.1. The van der Waals surface area contributed by atoms with E-state index in [2.05, 4.69) is 0 Å². The fraction of sp³-hybridized carbons (Fsp3) is 0.158. The normalized spacial score (nSPS) is 17.8. The Hall–Kier alpha value is -1.91. The highest BCUT2D eigenvalue weighted by Crippen LogP contribution is 2.37. The Morgan fingerprint density at radius 1 is 1.09 bits per heavy atom. The number of amides is 1. The predicted octanol–water partition coefficient (Wildman–Crippen LogP) is 4.96. The van der Waals surface area contributed by atoms with Crippen LogP contribution in [0.15, 0.2) is 59.5 Å². The summed E-state index contributed by atoms with van der Waals surface area (Å²) in [6.45, 7) is 4.06. The molecule has 2 nitrogen and oxygen atoms in total. The second-order valence-corrected chi connectivity index (χ2v) is 7.22. The molecule has 0 bridgehead atoms.